The highest BCUT2D eigenvalue weighted by Gasteiger charge is 2.60. The van der Waals surface area contributed by atoms with Gasteiger partial charge in [0.05, 0.1) is 18.8 Å². The standard InChI is InChI=1S/C10H18O4/c1-9(2,12)10(8(11)14-4)5-7(6-10)13-3/h7,12H,5-6H2,1-4H3. The van der Waals surface area contributed by atoms with Crippen molar-refractivity contribution in [3.05, 3.63) is 0 Å². The summed E-state index contributed by atoms with van der Waals surface area (Å²) in [6, 6.07) is 0. The lowest BCUT2D eigenvalue weighted by molar-refractivity contribution is -0.201. The Labute approximate surface area is 84.2 Å². The van der Waals surface area contributed by atoms with Crippen LogP contribution in [0.25, 0.3) is 0 Å². The van der Waals surface area contributed by atoms with Crippen LogP contribution >= 0.6 is 0 Å². The van der Waals surface area contributed by atoms with Gasteiger partial charge < -0.3 is 14.6 Å². The highest BCUT2D eigenvalue weighted by Crippen LogP contribution is 2.51. The summed E-state index contributed by atoms with van der Waals surface area (Å²) in [6.45, 7) is 3.27. The van der Waals surface area contributed by atoms with Crippen LogP contribution in [0.5, 0.6) is 0 Å². The van der Waals surface area contributed by atoms with Gasteiger partial charge in [0, 0.05) is 7.11 Å². The Kier molecular flexibility index (Phi) is 2.88. The van der Waals surface area contributed by atoms with Crippen LogP contribution in [0.2, 0.25) is 0 Å². The zero-order chi connectivity index (χ0) is 11.0. The normalized spacial score (nSPS) is 32.2. The van der Waals surface area contributed by atoms with Crippen molar-refractivity contribution < 1.29 is 19.4 Å². The molecule has 4 heteroatoms. The third kappa shape index (κ3) is 1.53. The topological polar surface area (TPSA) is 55.8 Å². The molecule has 0 aliphatic heterocycles. The second-order valence-electron chi connectivity index (χ2n) is 4.40. The zero-order valence-corrected chi connectivity index (χ0v) is 9.16. The van der Waals surface area contributed by atoms with E-state index < -0.39 is 11.0 Å². The fraction of sp³-hybridized carbons (Fsp3) is 0.900. The van der Waals surface area contributed by atoms with Gasteiger partial charge in [-0.3, -0.25) is 4.79 Å². The van der Waals surface area contributed by atoms with E-state index in [-0.39, 0.29) is 12.1 Å². The highest BCUT2D eigenvalue weighted by atomic mass is 16.5. The number of rotatable bonds is 3. The zero-order valence-electron chi connectivity index (χ0n) is 9.16. The van der Waals surface area contributed by atoms with E-state index in [1.54, 1.807) is 21.0 Å². The van der Waals surface area contributed by atoms with Gasteiger partial charge in [-0.05, 0) is 26.7 Å². The number of ether oxygens (including phenoxy) is 2. The lowest BCUT2D eigenvalue weighted by Gasteiger charge is -2.51. The predicted molar refractivity (Wildman–Crippen MR) is 50.8 cm³/mol. The van der Waals surface area contributed by atoms with Crippen LogP contribution in [0, 0.1) is 5.41 Å². The first-order valence-electron chi connectivity index (χ1n) is 4.71. The number of carbonyl (C=O) groups is 1. The molecule has 1 N–H and O–H groups in total. The quantitative estimate of drug-likeness (QED) is 0.685. The molecule has 0 aromatic rings. The fourth-order valence-electron chi connectivity index (χ4n) is 2.00. The van der Waals surface area contributed by atoms with E-state index in [9.17, 15) is 9.90 Å². The first kappa shape index (κ1) is 11.5. The predicted octanol–water partition coefficient (Wildman–Crippen LogP) is 0.725. The van der Waals surface area contributed by atoms with Crippen molar-refractivity contribution in [1.29, 1.82) is 0 Å². The molecule has 0 aromatic heterocycles. The van der Waals surface area contributed by atoms with E-state index in [4.69, 9.17) is 9.47 Å². The molecule has 1 rings (SSSR count). The van der Waals surface area contributed by atoms with Crippen LogP contribution in [-0.2, 0) is 14.3 Å². The number of methoxy groups -OCH3 is 2. The molecule has 0 heterocycles. The molecule has 0 unspecified atom stereocenters. The smallest absolute Gasteiger partial charge is 0.314 e. The van der Waals surface area contributed by atoms with Crippen LogP contribution < -0.4 is 0 Å². The SMILES string of the molecule is COC(=O)C1(C(C)(C)O)CC(OC)C1. The average Bonchev–Trinajstić information content (AvgIpc) is 2.00. The summed E-state index contributed by atoms with van der Waals surface area (Å²) in [4.78, 5) is 11.6. The average molecular weight is 202 g/mol. The number of hydrogen-bond acceptors (Lipinski definition) is 4. The molecule has 1 aliphatic rings. The first-order valence-corrected chi connectivity index (χ1v) is 4.71. The van der Waals surface area contributed by atoms with E-state index in [0.29, 0.717) is 12.8 Å². The van der Waals surface area contributed by atoms with Gasteiger partial charge in [-0.2, -0.15) is 0 Å². The molecule has 0 bridgehead atoms. The fourth-order valence-corrected chi connectivity index (χ4v) is 2.00. The molecule has 1 aliphatic carbocycles. The molecule has 0 spiro atoms. The van der Waals surface area contributed by atoms with E-state index in [2.05, 4.69) is 0 Å². The van der Waals surface area contributed by atoms with Gasteiger partial charge in [0.15, 0.2) is 0 Å². The minimum absolute atomic E-state index is 0.0560. The van der Waals surface area contributed by atoms with Crippen molar-refractivity contribution in [3.8, 4) is 0 Å². The van der Waals surface area contributed by atoms with E-state index >= 15 is 0 Å². The van der Waals surface area contributed by atoms with E-state index in [1.807, 2.05) is 0 Å². The van der Waals surface area contributed by atoms with Crippen molar-refractivity contribution in [2.45, 2.75) is 38.4 Å². The first-order chi connectivity index (χ1) is 6.37. The van der Waals surface area contributed by atoms with Crippen LogP contribution in [0.4, 0.5) is 0 Å². The summed E-state index contributed by atoms with van der Waals surface area (Å²) >= 11 is 0. The molecule has 0 atom stereocenters. The Morgan fingerprint density at radius 1 is 1.43 bits per heavy atom. The Bertz CT molecular complexity index is 223. The second-order valence-corrected chi connectivity index (χ2v) is 4.40. The van der Waals surface area contributed by atoms with Gasteiger partial charge in [-0.25, -0.2) is 0 Å². The maximum absolute atomic E-state index is 11.6. The van der Waals surface area contributed by atoms with Crippen molar-refractivity contribution >= 4 is 5.97 Å². The van der Waals surface area contributed by atoms with Gasteiger partial charge >= 0.3 is 5.97 Å². The van der Waals surface area contributed by atoms with Crippen LogP contribution in [0.1, 0.15) is 26.7 Å². The summed E-state index contributed by atoms with van der Waals surface area (Å²) in [5, 5.41) is 9.95. The number of carbonyl (C=O) groups excluding carboxylic acids is 1. The van der Waals surface area contributed by atoms with Gasteiger partial charge in [-0.1, -0.05) is 0 Å². The van der Waals surface area contributed by atoms with Gasteiger partial charge in [0.1, 0.15) is 5.41 Å². The van der Waals surface area contributed by atoms with Crippen LogP contribution in [0.15, 0.2) is 0 Å². The Morgan fingerprint density at radius 2 is 1.93 bits per heavy atom. The summed E-state index contributed by atoms with van der Waals surface area (Å²) in [7, 11) is 2.95. The third-order valence-electron chi connectivity index (χ3n) is 3.23. The van der Waals surface area contributed by atoms with Crippen LogP contribution in [-0.4, -0.2) is 37.0 Å². The van der Waals surface area contributed by atoms with Gasteiger partial charge in [0.2, 0.25) is 0 Å². The summed E-state index contributed by atoms with van der Waals surface area (Å²) in [5.74, 6) is -0.349. The minimum atomic E-state index is -1.06. The van der Waals surface area contributed by atoms with Crippen molar-refractivity contribution in [3.63, 3.8) is 0 Å². The number of aliphatic hydroxyl groups is 1. The van der Waals surface area contributed by atoms with Crippen LogP contribution in [0.3, 0.4) is 0 Å². The molecule has 14 heavy (non-hydrogen) atoms. The Balaban J connectivity index is 2.81. The maximum Gasteiger partial charge on any atom is 0.314 e. The summed E-state index contributed by atoms with van der Waals surface area (Å²) in [6.07, 6.45) is 1.11. The summed E-state index contributed by atoms with van der Waals surface area (Å²) in [5.41, 5.74) is -1.85. The second kappa shape index (κ2) is 3.51. The van der Waals surface area contributed by atoms with Gasteiger partial charge in [-0.15, -0.1) is 0 Å². The molecule has 0 radical (unpaired) electrons. The molecule has 0 aromatic carbocycles. The van der Waals surface area contributed by atoms with E-state index in [1.165, 1.54) is 7.11 Å². The molecule has 0 amide bonds. The summed E-state index contributed by atoms with van der Waals surface area (Å²) < 4.78 is 9.83. The molecule has 1 saturated carbocycles. The number of esters is 1. The lowest BCUT2D eigenvalue weighted by atomic mass is 9.58. The third-order valence-corrected chi connectivity index (χ3v) is 3.23. The van der Waals surface area contributed by atoms with Crippen molar-refractivity contribution in [2.24, 2.45) is 5.41 Å². The Hall–Kier alpha value is -0.610. The van der Waals surface area contributed by atoms with Gasteiger partial charge in [0.25, 0.3) is 0 Å². The lowest BCUT2D eigenvalue weighted by Crippen LogP contribution is -2.60. The Morgan fingerprint density at radius 3 is 2.21 bits per heavy atom. The van der Waals surface area contributed by atoms with E-state index in [0.717, 1.165) is 0 Å². The minimum Gasteiger partial charge on any atom is -0.469 e. The molecule has 82 valence electrons. The number of hydrogen-bond donors (Lipinski definition) is 1. The largest absolute Gasteiger partial charge is 0.469 e. The molecule has 4 nitrogen and oxygen atoms in total. The molecular weight excluding hydrogens is 184 g/mol. The molecule has 0 saturated heterocycles. The molecule has 1 fully saturated rings. The van der Waals surface area contributed by atoms with Crippen molar-refractivity contribution in [1.82, 2.24) is 0 Å². The van der Waals surface area contributed by atoms with Crippen molar-refractivity contribution in [2.75, 3.05) is 14.2 Å². The molecular formula is C10H18O4. The highest BCUT2D eigenvalue weighted by molar-refractivity contribution is 5.79. The monoisotopic (exact) mass is 202 g/mol. The maximum atomic E-state index is 11.6.